The first-order chi connectivity index (χ1) is 9.71. The lowest BCUT2D eigenvalue weighted by Gasteiger charge is -2.30. The zero-order valence-corrected chi connectivity index (χ0v) is 16.6. The molecule has 0 radical (unpaired) electrons. The van der Waals surface area contributed by atoms with Crippen molar-refractivity contribution < 1.29 is 0 Å². The smallest absolute Gasteiger partial charge is 0.00747 e. The highest BCUT2D eigenvalue weighted by Crippen LogP contribution is 2.34. The second kappa shape index (κ2) is 12.5. The molecule has 0 saturated heterocycles. The minimum absolute atomic E-state index is 0.509. The minimum atomic E-state index is 0.509. The van der Waals surface area contributed by atoms with Crippen molar-refractivity contribution in [1.82, 2.24) is 0 Å². The normalized spacial score (nSPS) is 17.4. The molecule has 0 rings (SSSR count). The fourth-order valence-electron chi connectivity index (χ4n) is 3.31. The van der Waals surface area contributed by atoms with Crippen LogP contribution < -0.4 is 5.73 Å². The highest BCUT2D eigenvalue weighted by Gasteiger charge is 2.22. The predicted molar refractivity (Wildman–Crippen MR) is 99.6 cm³/mol. The molecule has 130 valence electrons. The second-order valence-corrected chi connectivity index (χ2v) is 7.94. The van der Waals surface area contributed by atoms with Crippen LogP contribution in [0.5, 0.6) is 0 Å². The summed E-state index contributed by atoms with van der Waals surface area (Å²) in [6, 6.07) is 0. The Balaban J connectivity index is 0. The van der Waals surface area contributed by atoms with Crippen molar-refractivity contribution in [3.63, 3.8) is 0 Å². The van der Waals surface area contributed by atoms with Gasteiger partial charge < -0.3 is 5.73 Å². The zero-order valence-electron chi connectivity index (χ0n) is 16.6. The number of hydrogen-bond donors (Lipinski definition) is 1. The molecule has 0 saturated carbocycles. The van der Waals surface area contributed by atoms with Crippen LogP contribution in [0.15, 0.2) is 0 Å². The molecule has 0 amide bonds. The molecule has 21 heavy (non-hydrogen) atoms. The Bertz CT molecular complexity index is 222. The summed E-state index contributed by atoms with van der Waals surface area (Å²) in [5.74, 6) is 3.29. The molecule has 1 heteroatoms. The molecule has 1 nitrogen and oxygen atoms in total. The van der Waals surface area contributed by atoms with Crippen molar-refractivity contribution >= 4 is 0 Å². The van der Waals surface area contributed by atoms with E-state index in [1.807, 2.05) is 13.8 Å². The number of nitrogens with two attached hydrogens (primary N) is 1. The molecule has 4 atom stereocenters. The van der Waals surface area contributed by atoms with Crippen LogP contribution in [0.2, 0.25) is 0 Å². The molecule has 2 N–H and O–H groups in total. The third kappa shape index (κ3) is 12.2. The van der Waals surface area contributed by atoms with E-state index in [4.69, 9.17) is 5.73 Å². The molecule has 0 spiro atoms. The molecule has 0 aromatic carbocycles. The summed E-state index contributed by atoms with van der Waals surface area (Å²) >= 11 is 0. The number of rotatable bonds is 10. The van der Waals surface area contributed by atoms with Crippen LogP contribution in [-0.2, 0) is 0 Å². The average Bonchev–Trinajstić information content (AvgIpc) is 2.40. The van der Waals surface area contributed by atoms with Gasteiger partial charge in [-0.25, -0.2) is 0 Å². The summed E-state index contributed by atoms with van der Waals surface area (Å²) in [7, 11) is 0. The maximum absolute atomic E-state index is 5.65. The van der Waals surface area contributed by atoms with Crippen molar-refractivity contribution in [2.45, 2.75) is 94.4 Å². The van der Waals surface area contributed by atoms with Gasteiger partial charge in [0.05, 0.1) is 0 Å². The van der Waals surface area contributed by atoms with Gasteiger partial charge in [-0.05, 0) is 61.3 Å². The van der Waals surface area contributed by atoms with E-state index in [0.717, 1.165) is 30.2 Å². The van der Waals surface area contributed by atoms with Gasteiger partial charge in [-0.2, -0.15) is 0 Å². The molecule has 0 heterocycles. The van der Waals surface area contributed by atoms with Crippen molar-refractivity contribution in [3.05, 3.63) is 0 Å². The third-order valence-corrected chi connectivity index (χ3v) is 5.04. The van der Waals surface area contributed by atoms with E-state index in [2.05, 4.69) is 48.5 Å². The van der Waals surface area contributed by atoms with Crippen LogP contribution in [0, 0.1) is 29.1 Å². The molecule has 0 aliphatic heterocycles. The minimum Gasteiger partial charge on any atom is -0.330 e. The van der Waals surface area contributed by atoms with Crippen LogP contribution in [-0.4, -0.2) is 6.54 Å². The van der Waals surface area contributed by atoms with E-state index in [-0.39, 0.29) is 0 Å². The van der Waals surface area contributed by atoms with E-state index in [1.54, 1.807) is 0 Å². The standard InChI is InChI=1S/C18H39N.C2H6/c1-8-18(6,7)13-15(3)12-17(5)16(4)11-14(2)9-10-19;1-2/h14-17H,8-13,19H2,1-7H3;1-2H3. The van der Waals surface area contributed by atoms with Gasteiger partial charge in [0.2, 0.25) is 0 Å². The van der Waals surface area contributed by atoms with Gasteiger partial charge >= 0.3 is 0 Å². The molecule has 0 aliphatic carbocycles. The molecular formula is C20H45N. The fraction of sp³-hybridized carbons (Fsp3) is 1.00. The molecular weight excluding hydrogens is 254 g/mol. The maximum atomic E-state index is 5.65. The molecule has 0 bridgehead atoms. The molecule has 0 fully saturated rings. The highest BCUT2D eigenvalue weighted by atomic mass is 14.5. The van der Waals surface area contributed by atoms with E-state index >= 15 is 0 Å². The molecule has 4 unspecified atom stereocenters. The van der Waals surface area contributed by atoms with Gasteiger partial charge in [0.1, 0.15) is 0 Å². The SMILES string of the molecule is CC.CCC(C)(C)CC(C)CC(C)C(C)CC(C)CCN. The first kappa shape index (κ1) is 23.2. The van der Waals surface area contributed by atoms with Gasteiger partial charge in [0.25, 0.3) is 0 Å². The van der Waals surface area contributed by atoms with E-state index in [0.29, 0.717) is 5.41 Å². The first-order valence-corrected chi connectivity index (χ1v) is 9.41. The summed E-state index contributed by atoms with van der Waals surface area (Å²) in [5.41, 5.74) is 6.16. The monoisotopic (exact) mass is 299 g/mol. The highest BCUT2D eigenvalue weighted by molar-refractivity contribution is 4.74. The zero-order chi connectivity index (χ0) is 17.1. The lowest BCUT2D eigenvalue weighted by molar-refractivity contribution is 0.210. The summed E-state index contributed by atoms with van der Waals surface area (Å²) in [5, 5.41) is 0. The van der Waals surface area contributed by atoms with Crippen LogP contribution in [0.4, 0.5) is 0 Å². The maximum Gasteiger partial charge on any atom is -0.00747 e. The molecule has 0 aromatic heterocycles. The quantitative estimate of drug-likeness (QED) is 0.488. The van der Waals surface area contributed by atoms with Gasteiger partial charge in [-0.1, -0.05) is 68.7 Å². The summed E-state index contributed by atoms with van der Waals surface area (Å²) in [6.07, 6.45) is 6.53. The Morgan fingerprint density at radius 1 is 0.857 bits per heavy atom. The third-order valence-electron chi connectivity index (χ3n) is 5.04. The Labute approximate surface area is 136 Å². The molecule has 0 aromatic rings. The van der Waals surface area contributed by atoms with Crippen molar-refractivity contribution in [2.75, 3.05) is 6.54 Å². The molecule has 0 aliphatic rings. The summed E-state index contributed by atoms with van der Waals surface area (Å²) < 4.78 is 0. The van der Waals surface area contributed by atoms with Crippen LogP contribution in [0.3, 0.4) is 0 Å². The summed E-state index contributed by atoms with van der Waals surface area (Å²) in [4.78, 5) is 0. The largest absolute Gasteiger partial charge is 0.330 e. The Hall–Kier alpha value is -0.0400. The Morgan fingerprint density at radius 2 is 1.29 bits per heavy atom. The first-order valence-electron chi connectivity index (χ1n) is 9.41. The lowest BCUT2D eigenvalue weighted by atomic mass is 9.76. The average molecular weight is 300 g/mol. The topological polar surface area (TPSA) is 26.0 Å². The lowest BCUT2D eigenvalue weighted by Crippen LogP contribution is -2.20. The van der Waals surface area contributed by atoms with Gasteiger partial charge in [-0.3, -0.25) is 0 Å². The Kier molecular flexibility index (Phi) is 13.8. The van der Waals surface area contributed by atoms with Crippen LogP contribution in [0.1, 0.15) is 94.4 Å². The van der Waals surface area contributed by atoms with E-state index in [9.17, 15) is 0 Å². The van der Waals surface area contributed by atoms with Gasteiger partial charge in [0, 0.05) is 0 Å². The number of hydrogen-bond acceptors (Lipinski definition) is 1. The van der Waals surface area contributed by atoms with Crippen LogP contribution >= 0.6 is 0 Å². The predicted octanol–water partition coefficient (Wildman–Crippen LogP) is 6.51. The summed E-state index contributed by atoms with van der Waals surface area (Å²) in [6.45, 7) is 21.6. The fourth-order valence-corrected chi connectivity index (χ4v) is 3.31. The second-order valence-electron chi connectivity index (χ2n) is 7.94. The van der Waals surface area contributed by atoms with Crippen molar-refractivity contribution in [1.29, 1.82) is 0 Å². The van der Waals surface area contributed by atoms with Gasteiger partial charge in [0.15, 0.2) is 0 Å². The Morgan fingerprint density at radius 3 is 1.67 bits per heavy atom. The van der Waals surface area contributed by atoms with Crippen molar-refractivity contribution in [3.8, 4) is 0 Å². The van der Waals surface area contributed by atoms with E-state index in [1.165, 1.54) is 32.1 Å². The van der Waals surface area contributed by atoms with Crippen LogP contribution in [0.25, 0.3) is 0 Å². The van der Waals surface area contributed by atoms with E-state index < -0.39 is 0 Å². The van der Waals surface area contributed by atoms with Gasteiger partial charge in [-0.15, -0.1) is 0 Å². The van der Waals surface area contributed by atoms with Crippen molar-refractivity contribution in [2.24, 2.45) is 34.8 Å².